The lowest BCUT2D eigenvalue weighted by molar-refractivity contribution is -0.699. The van der Waals surface area contributed by atoms with Crippen LogP contribution in [-0.4, -0.2) is 56.5 Å². The summed E-state index contributed by atoms with van der Waals surface area (Å²) < 4.78 is 151. The van der Waals surface area contributed by atoms with Gasteiger partial charge in [0.15, 0.2) is 23.9 Å². The maximum absolute atomic E-state index is 13.7. The summed E-state index contributed by atoms with van der Waals surface area (Å²) in [7, 11) is -14.8. The second kappa shape index (κ2) is 12.1. The van der Waals surface area contributed by atoms with Gasteiger partial charge in [0.05, 0.1) is 9.99 Å². The fourth-order valence-electron chi connectivity index (χ4n) is 3.30. The van der Waals surface area contributed by atoms with Crippen LogP contribution in [0.25, 0.3) is 0 Å². The summed E-state index contributed by atoms with van der Waals surface area (Å²) in [5, 5.41) is 0. The van der Waals surface area contributed by atoms with Gasteiger partial charge in [-0.05, 0) is 24.1 Å². The van der Waals surface area contributed by atoms with Gasteiger partial charge in [-0.25, -0.2) is 4.79 Å². The molecule has 1 aromatic heterocycles. The fraction of sp³-hybridized carbons (Fsp3) is 0.409. The van der Waals surface area contributed by atoms with Crippen LogP contribution >= 0.6 is 0 Å². The molecule has 0 radical (unpaired) electrons. The predicted molar refractivity (Wildman–Crippen MR) is 124 cm³/mol. The van der Waals surface area contributed by atoms with E-state index >= 15 is 0 Å². The molecule has 0 spiro atoms. The lowest BCUT2D eigenvalue weighted by Crippen LogP contribution is -2.55. The molecule has 0 aliphatic carbocycles. The molecule has 1 aliphatic heterocycles. The molecule has 11 nitrogen and oxygen atoms in total. The van der Waals surface area contributed by atoms with Crippen LogP contribution in [0, 0.1) is 0 Å². The molecule has 2 aromatic rings. The number of benzene rings is 1. The van der Waals surface area contributed by atoms with Crippen molar-refractivity contribution in [2.45, 2.75) is 43.4 Å². The molecule has 41 heavy (non-hydrogen) atoms. The number of rotatable bonds is 10. The van der Waals surface area contributed by atoms with Crippen LogP contribution in [-0.2, 0) is 40.9 Å². The number of ether oxygens (including phenoxy) is 4. The van der Waals surface area contributed by atoms with Crippen LogP contribution in [0.3, 0.4) is 0 Å². The average Bonchev–Trinajstić information content (AvgIpc) is 3.34. The molecule has 1 aromatic carbocycles. The van der Waals surface area contributed by atoms with E-state index in [0.29, 0.717) is 11.0 Å². The Hall–Kier alpha value is -3.61. The summed E-state index contributed by atoms with van der Waals surface area (Å²) in [4.78, 5) is 13.1. The number of halogens is 6. The van der Waals surface area contributed by atoms with Gasteiger partial charge >= 0.3 is 49.0 Å². The van der Waals surface area contributed by atoms with Crippen LogP contribution in [0.2, 0.25) is 0 Å². The first kappa shape index (κ1) is 31.9. The highest BCUT2D eigenvalue weighted by Crippen LogP contribution is 2.35. The highest BCUT2D eigenvalue weighted by Gasteiger charge is 2.70. The number of esters is 1. The lowest BCUT2D eigenvalue weighted by atomic mass is 10.2. The standard InChI is InChI=1S/C22H22F6N2O9S2/c1-2-3-11-36-20(31)18(29-9-5-4-6-10-29)19(37-13-15-7-8-16-17(12-15)39-14-38-16)30(40(32,33)21(23,24)25)41(34,35)22(26,27)28/h4-10,12,18H,2-3,11,13-14H2,1H3/q+2. The Kier molecular flexibility index (Phi) is 9.41. The molecule has 0 amide bonds. The van der Waals surface area contributed by atoms with Crippen LogP contribution in [0.15, 0.2) is 48.8 Å². The van der Waals surface area contributed by atoms with Gasteiger partial charge in [0.25, 0.3) is 0 Å². The van der Waals surface area contributed by atoms with E-state index in [0.717, 1.165) is 12.4 Å². The first-order valence-corrected chi connectivity index (χ1v) is 14.3. The summed E-state index contributed by atoms with van der Waals surface area (Å²) >= 11 is 0. The smallest absolute Gasteiger partial charge is 0.460 e. The minimum atomic E-state index is -7.41. The molecular weight excluding hydrogens is 614 g/mol. The summed E-state index contributed by atoms with van der Waals surface area (Å²) in [5.41, 5.74) is -13.2. The topological polar surface area (TPSA) is 129 Å². The summed E-state index contributed by atoms with van der Waals surface area (Å²) in [6, 6.07) is 4.86. The van der Waals surface area contributed by atoms with Gasteiger partial charge in [0.2, 0.25) is 6.79 Å². The molecule has 2 heterocycles. The molecule has 0 bridgehead atoms. The van der Waals surface area contributed by atoms with E-state index in [4.69, 9.17) is 18.9 Å². The second-order valence-corrected chi connectivity index (χ2v) is 11.9. The van der Waals surface area contributed by atoms with Crippen molar-refractivity contribution in [3.8, 4) is 11.5 Å². The maximum Gasteiger partial charge on any atom is 0.561 e. The van der Waals surface area contributed by atoms with Crippen molar-refractivity contribution in [2.75, 3.05) is 13.4 Å². The SMILES string of the molecule is CCCCOC(=O)C(C(OCc1ccc2c(c1)OCO2)=[N+](S(=O)(=O)C(F)(F)F)S(=O)(=O)C(F)(F)F)[n+]1ccccc1. The Balaban J connectivity index is 2.35. The van der Waals surface area contributed by atoms with Gasteiger partial charge in [-0.3, -0.25) is 0 Å². The molecule has 3 rings (SSSR count). The van der Waals surface area contributed by atoms with Crippen molar-refractivity contribution in [2.24, 2.45) is 0 Å². The van der Waals surface area contributed by atoms with Gasteiger partial charge in [-0.2, -0.15) is 47.7 Å². The lowest BCUT2D eigenvalue weighted by Gasteiger charge is -2.16. The normalized spacial score (nSPS) is 14.3. The number of alkyl halides is 6. The zero-order valence-electron chi connectivity index (χ0n) is 20.9. The number of aromatic nitrogens is 1. The minimum Gasteiger partial charge on any atom is -0.460 e. The molecule has 19 heteroatoms. The quantitative estimate of drug-likeness (QED) is 0.0966. The summed E-state index contributed by atoms with van der Waals surface area (Å²) in [5.74, 6) is -3.33. The number of unbranched alkanes of at least 4 members (excludes halogenated alkanes) is 1. The number of fused-ring (bicyclic) bond motifs is 1. The van der Waals surface area contributed by atoms with Gasteiger partial charge < -0.3 is 18.9 Å². The molecule has 1 atom stereocenters. The third-order valence-corrected chi connectivity index (χ3v) is 8.84. The zero-order valence-corrected chi connectivity index (χ0v) is 22.5. The largest absolute Gasteiger partial charge is 0.561 e. The Morgan fingerprint density at radius 2 is 1.54 bits per heavy atom. The maximum atomic E-state index is 13.7. The van der Waals surface area contributed by atoms with E-state index in [2.05, 4.69) is 0 Å². The predicted octanol–water partition coefficient (Wildman–Crippen LogP) is 2.91. The number of pyridine rings is 1. The molecule has 0 fully saturated rings. The number of carbonyl (C=O) groups is 1. The monoisotopic (exact) mass is 636 g/mol. The van der Waals surface area contributed by atoms with Crippen molar-refractivity contribution in [1.82, 2.24) is 0 Å². The Morgan fingerprint density at radius 3 is 2.10 bits per heavy atom. The van der Waals surface area contributed by atoms with E-state index in [1.54, 1.807) is 6.92 Å². The van der Waals surface area contributed by atoms with E-state index in [1.807, 2.05) is 0 Å². The van der Waals surface area contributed by atoms with Crippen LogP contribution in [0.1, 0.15) is 31.4 Å². The Morgan fingerprint density at radius 1 is 0.951 bits per heavy atom. The highest BCUT2D eigenvalue weighted by molar-refractivity contribution is 7.98. The number of carbonyl (C=O) groups excluding carboxylic acids is 1. The fourth-order valence-corrected chi connectivity index (χ4v) is 6.00. The second-order valence-electron chi connectivity index (χ2n) is 8.16. The van der Waals surface area contributed by atoms with Crippen LogP contribution < -0.4 is 14.0 Å². The van der Waals surface area contributed by atoms with Crippen molar-refractivity contribution in [3.63, 3.8) is 0 Å². The van der Waals surface area contributed by atoms with E-state index in [1.165, 1.54) is 36.4 Å². The number of sulfonamides is 2. The highest BCUT2D eigenvalue weighted by atomic mass is 32.3. The minimum absolute atomic E-state index is 0.0309. The molecule has 1 aliphatic rings. The van der Waals surface area contributed by atoms with Crippen molar-refractivity contribution >= 4 is 31.9 Å². The molecule has 0 N–H and O–H groups in total. The average molecular weight is 637 g/mol. The summed E-state index contributed by atoms with van der Waals surface area (Å²) in [6.45, 7) is 0.0771. The van der Waals surface area contributed by atoms with Crippen LogP contribution in [0.5, 0.6) is 11.5 Å². The van der Waals surface area contributed by atoms with Gasteiger partial charge in [0.1, 0.15) is 6.61 Å². The number of hydrogen-bond acceptors (Lipinski definition) is 9. The molecule has 0 saturated heterocycles. The summed E-state index contributed by atoms with van der Waals surface area (Å²) in [6.07, 6.45) is 2.56. The van der Waals surface area contributed by atoms with Crippen molar-refractivity contribution in [3.05, 3.63) is 54.4 Å². The van der Waals surface area contributed by atoms with Gasteiger partial charge in [-0.1, -0.05) is 25.5 Å². The number of hydrogen-bond donors (Lipinski definition) is 0. The van der Waals surface area contributed by atoms with Gasteiger partial charge in [-0.15, -0.1) is 0 Å². The van der Waals surface area contributed by atoms with E-state index in [-0.39, 0.29) is 36.9 Å². The number of nitrogens with zero attached hydrogens (tertiary/aromatic N) is 2. The Bertz CT molecular complexity index is 1460. The molecule has 1 unspecified atom stereocenters. The van der Waals surface area contributed by atoms with Crippen molar-refractivity contribution < 1.29 is 74.9 Å². The first-order valence-electron chi connectivity index (χ1n) is 11.5. The third-order valence-electron chi connectivity index (χ3n) is 5.26. The zero-order chi connectivity index (χ0) is 30.6. The third kappa shape index (κ3) is 6.83. The van der Waals surface area contributed by atoms with Gasteiger partial charge in [0, 0.05) is 12.1 Å². The van der Waals surface area contributed by atoms with E-state index < -0.39 is 59.0 Å². The van der Waals surface area contributed by atoms with Crippen molar-refractivity contribution in [1.29, 1.82) is 0 Å². The van der Waals surface area contributed by atoms with E-state index in [9.17, 15) is 48.0 Å². The molecular formula is C22H22F6N2O9S2+2. The molecule has 226 valence electrons. The molecule has 0 saturated carbocycles. The Labute approximate surface area is 229 Å². The van der Waals surface area contributed by atoms with Crippen LogP contribution in [0.4, 0.5) is 26.3 Å². The first-order chi connectivity index (χ1) is 19.0.